The van der Waals surface area contributed by atoms with Crippen LogP contribution in [-0.4, -0.2) is 44.6 Å². The van der Waals surface area contributed by atoms with Crippen LogP contribution >= 0.6 is 0 Å². The lowest BCUT2D eigenvalue weighted by Gasteiger charge is -2.35. The average molecular weight is 251 g/mol. The minimum atomic E-state index is -3.17. The Morgan fingerprint density at radius 3 is 2.62 bits per heavy atom. The molecule has 16 heavy (non-hydrogen) atoms. The third kappa shape index (κ3) is 4.78. The van der Waals surface area contributed by atoms with Crippen LogP contribution in [0.3, 0.4) is 0 Å². The molecule has 0 spiro atoms. The summed E-state index contributed by atoms with van der Waals surface area (Å²) in [7, 11) is -3.17. The topological polar surface area (TPSA) is 75.6 Å². The highest BCUT2D eigenvalue weighted by molar-refractivity contribution is 7.89. The van der Waals surface area contributed by atoms with Gasteiger partial charge in [0.15, 0.2) is 0 Å². The van der Waals surface area contributed by atoms with Gasteiger partial charge in [-0.3, -0.25) is 0 Å². The summed E-state index contributed by atoms with van der Waals surface area (Å²) in [4.78, 5) is 0. The summed E-state index contributed by atoms with van der Waals surface area (Å²) in [6, 6.07) is 0.0377. The lowest BCUT2D eigenvalue weighted by Crippen LogP contribution is -2.48. The molecule has 0 heterocycles. The molecule has 0 amide bonds. The van der Waals surface area contributed by atoms with Crippen LogP contribution in [0.4, 0.5) is 0 Å². The Labute approximate surface area is 97.2 Å². The lowest BCUT2D eigenvalue weighted by atomic mass is 9.90. The second-order valence-electron chi connectivity index (χ2n) is 4.11. The summed E-state index contributed by atoms with van der Waals surface area (Å²) < 4.78 is 31.1. The minimum absolute atomic E-state index is 0.0377. The zero-order chi connectivity index (χ0) is 12.0. The highest BCUT2D eigenvalue weighted by Gasteiger charge is 2.32. The van der Waals surface area contributed by atoms with E-state index in [0.717, 1.165) is 12.8 Å². The number of hydrogen-bond acceptors (Lipinski definition) is 4. The van der Waals surface area contributed by atoms with Gasteiger partial charge < -0.3 is 9.84 Å². The summed E-state index contributed by atoms with van der Waals surface area (Å²) in [6.45, 7) is 2.67. The fourth-order valence-corrected chi connectivity index (χ4v) is 3.15. The number of ether oxygens (including phenoxy) is 1. The van der Waals surface area contributed by atoms with E-state index in [9.17, 15) is 8.42 Å². The predicted octanol–water partition coefficient (Wildman–Crippen LogP) is 0.246. The molecule has 0 aromatic carbocycles. The molecule has 5 nitrogen and oxygen atoms in total. The molecule has 0 radical (unpaired) electrons. The molecular formula is C10H21NO4S. The zero-order valence-electron chi connectivity index (χ0n) is 9.68. The zero-order valence-corrected chi connectivity index (χ0v) is 10.5. The number of aliphatic hydroxyl groups excluding tert-OH is 1. The van der Waals surface area contributed by atoms with Gasteiger partial charge in [0.1, 0.15) is 0 Å². The maximum atomic E-state index is 11.5. The number of rotatable bonds is 8. The predicted molar refractivity (Wildman–Crippen MR) is 61.7 cm³/mol. The lowest BCUT2D eigenvalue weighted by molar-refractivity contribution is -0.00475. The number of sulfonamides is 1. The van der Waals surface area contributed by atoms with Crippen LogP contribution in [0, 0.1) is 0 Å². The number of aliphatic hydroxyl groups is 1. The first-order valence-corrected chi connectivity index (χ1v) is 7.45. The Morgan fingerprint density at radius 2 is 2.06 bits per heavy atom. The molecule has 1 aliphatic carbocycles. The standard InChI is InChI=1S/C10H21NO4S/c1-2-15-10-7-9(8-10)11-16(13,14)6-4-3-5-12/h9-12H,2-8H2,1H3. The Kier molecular flexibility index (Phi) is 5.68. The molecule has 0 unspecified atom stereocenters. The molecule has 0 atom stereocenters. The number of nitrogens with one attached hydrogen (secondary N) is 1. The average Bonchev–Trinajstić information content (AvgIpc) is 2.15. The Bertz CT molecular complexity index is 285. The first-order chi connectivity index (χ1) is 7.57. The van der Waals surface area contributed by atoms with Crippen LogP contribution < -0.4 is 4.72 Å². The van der Waals surface area contributed by atoms with Crippen LogP contribution in [0.1, 0.15) is 32.6 Å². The van der Waals surface area contributed by atoms with Gasteiger partial charge in [0.05, 0.1) is 11.9 Å². The molecule has 0 bridgehead atoms. The maximum Gasteiger partial charge on any atom is 0.211 e. The second-order valence-corrected chi connectivity index (χ2v) is 5.99. The third-order valence-corrected chi connectivity index (χ3v) is 4.18. The van der Waals surface area contributed by atoms with Crippen molar-refractivity contribution in [1.29, 1.82) is 0 Å². The molecule has 2 N–H and O–H groups in total. The van der Waals surface area contributed by atoms with E-state index in [-0.39, 0.29) is 24.5 Å². The van der Waals surface area contributed by atoms with E-state index in [4.69, 9.17) is 9.84 Å². The van der Waals surface area contributed by atoms with Crippen molar-refractivity contribution in [3.63, 3.8) is 0 Å². The summed E-state index contributed by atoms with van der Waals surface area (Å²) in [6.07, 6.45) is 2.80. The van der Waals surface area contributed by atoms with Crippen molar-refractivity contribution < 1.29 is 18.3 Å². The van der Waals surface area contributed by atoms with Gasteiger partial charge in [-0.15, -0.1) is 0 Å². The quantitative estimate of drug-likeness (QED) is 0.606. The summed E-state index contributed by atoms with van der Waals surface area (Å²) in [5.74, 6) is 0.101. The van der Waals surface area contributed by atoms with E-state index in [1.54, 1.807) is 0 Å². The molecule has 1 rings (SSSR count). The van der Waals surface area contributed by atoms with E-state index < -0.39 is 10.0 Å². The van der Waals surface area contributed by atoms with Crippen molar-refractivity contribution in [2.45, 2.75) is 44.8 Å². The normalized spacial score (nSPS) is 25.4. The van der Waals surface area contributed by atoms with Crippen LogP contribution in [0.2, 0.25) is 0 Å². The molecule has 96 valence electrons. The van der Waals surface area contributed by atoms with Crippen LogP contribution in [0.25, 0.3) is 0 Å². The van der Waals surface area contributed by atoms with Gasteiger partial charge in [-0.2, -0.15) is 0 Å². The molecule has 0 aliphatic heterocycles. The van der Waals surface area contributed by atoms with Gasteiger partial charge in [0, 0.05) is 19.3 Å². The molecule has 1 aliphatic rings. The summed E-state index contributed by atoms with van der Waals surface area (Å²) in [5, 5.41) is 8.56. The van der Waals surface area contributed by atoms with Crippen molar-refractivity contribution in [3.8, 4) is 0 Å². The van der Waals surface area contributed by atoms with Crippen LogP contribution in [0.15, 0.2) is 0 Å². The molecule has 0 aromatic heterocycles. The largest absolute Gasteiger partial charge is 0.396 e. The molecule has 6 heteroatoms. The van der Waals surface area contributed by atoms with Crippen molar-refractivity contribution in [2.75, 3.05) is 19.0 Å². The highest BCUT2D eigenvalue weighted by Crippen LogP contribution is 2.23. The van der Waals surface area contributed by atoms with Crippen molar-refractivity contribution in [3.05, 3.63) is 0 Å². The fraction of sp³-hybridized carbons (Fsp3) is 1.00. The third-order valence-electron chi connectivity index (χ3n) is 2.66. The van der Waals surface area contributed by atoms with Gasteiger partial charge in [-0.05, 0) is 32.6 Å². The summed E-state index contributed by atoms with van der Waals surface area (Å²) in [5.41, 5.74) is 0. The smallest absolute Gasteiger partial charge is 0.211 e. The van der Waals surface area contributed by atoms with E-state index in [2.05, 4.69) is 4.72 Å². The van der Waals surface area contributed by atoms with E-state index >= 15 is 0 Å². The van der Waals surface area contributed by atoms with Gasteiger partial charge in [-0.1, -0.05) is 0 Å². The van der Waals surface area contributed by atoms with Gasteiger partial charge in [-0.25, -0.2) is 13.1 Å². The van der Waals surface area contributed by atoms with Crippen molar-refractivity contribution in [2.24, 2.45) is 0 Å². The highest BCUT2D eigenvalue weighted by atomic mass is 32.2. The molecule has 0 saturated heterocycles. The minimum Gasteiger partial charge on any atom is -0.396 e. The maximum absolute atomic E-state index is 11.5. The SMILES string of the molecule is CCOC1CC(NS(=O)(=O)CCCCO)C1. The second kappa shape index (κ2) is 6.54. The van der Waals surface area contributed by atoms with Crippen molar-refractivity contribution in [1.82, 2.24) is 4.72 Å². The van der Waals surface area contributed by atoms with Gasteiger partial charge in [0.25, 0.3) is 0 Å². The monoisotopic (exact) mass is 251 g/mol. The Hall–Kier alpha value is -0.170. The van der Waals surface area contributed by atoms with Crippen LogP contribution in [0.5, 0.6) is 0 Å². The Balaban J connectivity index is 2.17. The van der Waals surface area contributed by atoms with Crippen molar-refractivity contribution >= 4 is 10.0 Å². The van der Waals surface area contributed by atoms with E-state index in [1.165, 1.54) is 0 Å². The Morgan fingerprint density at radius 1 is 1.38 bits per heavy atom. The van der Waals surface area contributed by atoms with Gasteiger partial charge >= 0.3 is 0 Å². The molecule has 0 aromatic rings. The number of unbranched alkanes of at least 4 members (excludes halogenated alkanes) is 1. The summed E-state index contributed by atoms with van der Waals surface area (Å²) >= 11 is 0. The molecular weight excluding hydrogens is 230 g/mol. The fourth-order valence-electron chi connectivity index (χ4n) is 1.75. The molecule has 1 fully saturated rings. The first kappa shape index (κ1) is 13.9. The van der Waals surface area contributed by atoms with Crippen LogP contribution in [-0.2, 0) is 14.8 Å². The van der Waals surface area contributed by atoms with E-state index in [1.807, 2.05) is 6.92 Å². The molecule has 1 saturated carbocycles. The van der Waals surface area contributed by atoms with Gasteiger partial charge in [0.2, 0.25) is 10.0 Å². The number of hydrogen-bond donors (Lipinski definition) is 2. The van der Waals surface area contributed by atoms with E-state index in [0.29, 0.717) is 19.4 Å². The first-order valence-electron chi connectivity index (χ1n) is 5.80.